The molecular weight excluding hydrogens is 368 g/mol. The van der Waals surface area contributed by atoms with Crippen LogP contribution in [0.25, 0.3) is 10.2 Å². The number of nitrogens with one attached hydrogen (secondary N) is 2. The standard InChI is InChI=1S/C18H23ClN6S/c1-5-20-18(21-9-14-11(2)24-25(4)12(14)3)22-10-17-23-15-8-13(19)6-7-16(15)26-17/h6-8H,5,9-10H2,1-4H3,(H2,20,21,22). The Kier molecular flexibility index (Phi) is 5.78. The molecule has 138 valence electrons. The summed E-state index contributed by atoms with van der Waals surface area (Å²) in [5, 5.41) is 12.8. The molecule has 0 fully saturated rings. The van der Waals surface area contributed by atoms with Crippen LogP contribution >= 0.6 is 22.9 Å². The highest BCUT2D eigenvalue weighted by Crippen LogP contribution is 2.24. The third kappa shape index (κ3) is 4.16. The highest BCUT2D eigenvalue weighted by molar-refractivity contribution is 7.18. The third-order valence-corrected chi connectivity index (χ3v) is 5.47. The number of nitrogens with zero attached hydrogens (tertiary/aromatic N) is 4. The number of guanidine groups is 1. The van der Waals surface area contributed by atoms with E-state index in [0.29, 0.717) is 18.1 Å². The first-order valence-corrected chi connectivity index (χ1v) is 9.73. The van der Waals surface area contributed by atoms with Crippen molar-refractivity contribution in [1.29, 1.82) is 0 Å². The minimum absolute atomic E-state index is 0.594. The lowest BCUT2D eigenvalue weighted by atomic mass is 10.2. The Hall–Kier alpha value is -2.12. The van der Waals surface area contributed by atoms with Crippen molar-refractivity contribution >= 4 is 39.1 Å². The average molecular weight is 391 g/mol. The van der Waals surface area contributed by atoms with Crippen LogP contribution in [-0.4, -0.2) is 27.3 Å². The first kappa shape index (κ1) is 18.7. The summed E-state index contributed by atoms with van der Waals surface area (Å²) in [4.78, 5) is 9.33. The molecule has 0 aliphatic carbocycles. The number of aryl methyl sites for hydroxylation is 2. The number of aromatic nitrogens is 3. The van der Waals surface area contributed by atoms with Crippen molar-refractivity contribution in [3.8, 4) is 0 Å². The molecule has 0 atom stereocenters. The molecule has 3 aromatic rings. The summed E-state index contributed by atoms with van der Waals surface area (Å²) in [5.41, 5.74) is 4.26. The van der Waals surface area contributed by atoms with Gasteiger partial charge in [0.15, 0.2) is 5.96 Å². The van der Waals surface area contributed by atoms with Crippen LogP contribution in [-0.2, 0) is 20.1 Å². The zero-order valence-corrected chi connectivity index (χ0v) is 17.0. The van der Waals surface area contributed by atoms with Gasteiger partial charge in [-0.3, -0.25) is 4.68 Å². The van der Waals surface area contributed by atoms with E-state index in [1.807, 2.05) is 36.9 Å². The highest BCUT2D eigenvalue weighted by atomic mass is 35.5. The summed E-state index contributed by atoms with van der Waals surface area (Å²) >= 11 is 7.70. The smallest absolute Gasteiger partial charge is 0.191 e. The minimum Gasteiger partial charge on any atom is -0.357 e. The second-order valence-electron chi connectivity index (χ2n) is 6.04. The number of aliphatic imine (C=N–C) groups is 1. The molecule has 3 rings (SSSR count). The van der Waals surface area contributed by atoms with Gasteiger partial charge in [-0.15, -0.1) is 11.3 Å². The number of rotatable bonds is 5. The molecule has 0 saturated carbocycles. The predicted octanol–water partition coefficient (Wildman–Crippen LogP) is 3.56. The van der Waals surface area contributed by atoms with E-state index in [4.69, 9.17) is 16.6 Å². The fraction of sp³-hybridized carbons (Fsp3) is 0.389. The summed E-state index contributed by atoms with van der Waals surface area (Å²) in [7, 11) is 1.96. The Labute approximate surface area is 162 Å². The molecule has 0 saturated heterocycles. The molecular formula is C18H23ClN6S. The zero-order chi connectivity index (χ0) is 18.7. The lowest BCUT2D eigenvalue weighted by Gasteiger charge is -2.10. The topological polar surface area (TPSA) is 67.1 Å². The molecule has 26 heavy (non-hydrogen) atoms. The predicted molar refractivity (Wildman–Crippen MR) is 109 cm³/mol. The zero-order valence-electron chi connectivity index (χ0n) is 15.4. The van der Waals surface area contributed by atoms with Crippen molar-refractivity contribution in [3.05, 3.63) is 45.2 Å². The SMILES string of the molecule is CCNC(=NCc1c(C)nn(C)c1C)NCc1nc2cc(Cl)ccc2s1. The van der Waals surface area contributed by atoms with Crippen LogP contribution < -0.4 is 10.6 Å². The van der Waals surface area contributed by atoms with E-state index >= 15 is 0 Å². The first-order valence-electron chi connectivity index (χ1n) is 8.54. The van der Waals surface area contributed by atoms with Crippen molar-refractivity contribution in [1.82, 2.24) is 25.4 Å². The van der Waals surface area contributed by atoms with E-state index in [1.54, 1.807) is 11.3 Å². The number of thiazole rings is 1. The van der Waals surface area contributed by atoms with Gasteiger partial charge < -0.3 is 10.6 Å². The van der Waals surface area contributed by atoms with Gasteiger partial charge in [0.1, 0.15) is 5.01 Å². The second-order valence-corrected chi connectivity index (χ2v) is 7.59. The molecule has 8 heteroatoms. The fourth-order valence-corrected chi connectivity index (χ4v) is 3.78. The van der Waals surface area contributed by atoms with Crippen molar-refractivity contribution < 1.29 is 0 Å². The molecule has 0 amide bonds. The first-order chi connectivity index (χ1) is 12.5. The summed E-state index contributed by atoms with van der Waals surface area (Å²) in [6.07, 6.45) is 0. The highest BCUT2D eigenvalue weighted by Gasteiger charge is 2.10. The summed E-state index contributed by atoms with van der Waals surface area (Å²) in [5.74, 6) is 0.771. The van der Waals surface area contributed by atoms with Gasteiger partial charge in [-0.25, -0.2) is 9.98 Å². The molecule has 0 bridgehead atoms. The van der Waals surface area contributed by atoms with Crippen LogP contribution in [0.4, 0.5) is 0 Å². The average Bonchev–Trinajstić information content (AvgIpc) is 3.11. The van der Waals surface area contributed by atoms with Crippen molar-refractivity contribution in [2.24, 2.45) is 12.0 Å². The lowest BCUT2D eigenvalue weighted by Crippen LogP contribution is -2.36. The van der Waals surface area contributed by atoms with Crippen LogP contribution in [0, 0.1) is 13.8 Å². The molecule has 0 spiro atoms. The van der Waals surface area contributed by atoms with Crippen molar-refractivity contribution in [2.75, 3.05) is 6.54 Å². The van der Waals surface area contributed by atoms with Gasteiger partial charge in [-0.05, 0) is 39.0 Å². The maximum atomic E-state index is 6.04. The minimum atomic E-state index is 0.594. The van der Waals surface area contributed by atoms with Crippen molar-refractivity contribution in [3.63, 3.8) is 0 Å². The number of halogens is 1. The summed E-state index contributed by atoms with van der Waals surface area (Å²) < 4.78 is 3.03. The molecule has 0 radical (unpaired) electrons. The van der Waals surface area contributed by atoms with Gasteiger partial charge in [-0.1, -0.05) is 11.6 Å². The van der Waals surface area contributed by atoms with E-state index in [0.717, 1.165) is 39.1 Å². The van der Waals surface area contributed by atoms with E-state index < -0.39 is 0 Å². The third-order valence-electron chi connectivity index (χ3n) is 4.20. The van der Waals surface area contributed by atoms with E-state index in [-0.39, 0.29) is 0 Å². The van der Waals surface area contributed by atoms with Gasteiger partial charge in [0, 0.05) is 29.9 Å². The fourth-order valence-electron chi connectivity index (χ4n) is 2.73. The van der Waals surface area contributed by atoms with Gasteiger partial charge in [0.2, 0.25) is 0 Å². The van der Waals surface area contributed by atoms with Crippen LogP contribution in [0.3, 0.4) is 0 Å². The summed E-state index contributed by atoms with van der Waals surface area (Å²) in [6.45, 7) is 8.15. The Balaban J connectivity index is 1.71. The lowest BCUT2D eigenvalue weighted by molar-refractivity contribution is 0.730. The van der Waals surface area contributed by atoms with E-state index in [1.165, 1.54) is 5.56 Å². The number of hydrogen-bond donors (Lipinski definition) is 2. The van der Waals surface area contributed by atoms with Crippen LogP contribution in [0.1, 0.15) is 28.9 Å². The van der Waals surface area contributed by atoms with Gasteiger partial charge in [-0.2, -0.15) is 5.10 Å². The molecule has 0 aliphatic rings. The molecule has 2 heterocycles. The Morgan fingerprint density at radius 1 is 1.31 bits per heavy atom. The molecule has 6 nitrogen and oxygen atoms in total. The maximum absolute atomic E-state index is 6.04. The molecule has 1 aromatic carbocycles. The molecule has 0 aliphatic heterocycles. The Morgan fingerprint density at radius 2 is 2.12 bits per heavy atom. The Morgan fingerprint density at radius 3 is 2.81 bits per heavy atom. The monoisotopic (exact) mass is 390 g/mol. The largest absolute Gasteiger partial charge is 0.357 e. The summed E-state index contributed by atoms with van der Waals surface area (Å²) in [6, 6.07) is 5.79. The van der Waals surface area contributed by atoms with Crippen LogP contribution in [0.5, 0.6) is 0 Å². The van der Waals surface area contributed by atoms with Gasteiger partial charge in [0.25, 0.3) is 0 Å². The maximum Gasteiger partial charge on any atom is 0.191 e. The number of hydrogen-bond acceptors (Lipinski definition) is 4. The normalized spacial score (nSPS) is 12.0. The Bertz CT molecular complexity index is 943. The quantitative estimate of drug-likeness (QED) is 0.516. The van der Waals surface area contributed by atoms with E-state index in [2.05, 4.69) is 34.6 Å². The molecule has 0 unspecified atom stereocenters. The van der Waals surface area contributed by atoms with Crippen LogP contribution in [0.15, 0.2) is 23.2 Å². The molecule has 2 aromatic heterocycles. The van der Waals surface area contributed by atoms with Gasteiger partial charge >= 0.3 is 0 Å². The number of fused-ring (bicyclic) bond motifs is 1. The van der Waals surface area contributed by atoms with Crippen LogP contribution in [0.2, 0.25) is 5.02 Å². The van der Waals surface area contributed by atoms with Gasteiger partial charge in [0.05, 0.1) is 29.0 Å². The second kappa shape index (κ2) is 8.05. The van der Waals surface area contributed by atoms with Crippen molar-refractivity contribution in [2.45, 2.75) is 33.9 Å². The van der Waals surface area contributed by atoms with E-state index in [9.17, 15) is 0 Å². The number of benzene rings is 1. The molecule has 2 N–H and O–H groups in total.